The number of hydrogen-bond acceptors (Lipinski definition) is 6. The van der Waals surface area contributed by atoms with Gasteiger partial charge in [-0.25, -0.2) is 0 Å². The van der Waals surface area contributed by atoms with E-state index in [1.54, 1.807) is 6.92 Å². The van der Waals surface area contributed by atoms with Crippen molar-refractivity contribution in [1.29, 1.82) is 0 Å². The van der Waals surface area contributed by atoms with Gasteiger partial charge in [-0.2, -0.15) is 0 Å². The third-order valence-electron chi connectivity index (χ3n) is 4.42. The van der Waals surface area contributed by atoms with Gasteiger partial charge in [-0.3, -0.25) is 14.9 Å². The minimum Gasteiger partial charge on any atom is -0.488 e. The van der Waals surface area contributed by atoms with Gasteiger partial charge in [-0.15, -0.1) is 0 Å². The number of ether oxygens (including phenoxy) is 3. The average Bonchev–Trinajstić information content (AvgIpc) is 3.00. The number of nitro groups is 1. The highest BCUT2D eigenvalue weighted by Gasteiger charge is 2.32. The Morgan fingerprint density at radius 3 is 2.76 bits per heavy atom. The molecule has 0 aliphatic carbocycles. The second-order valence-corrected chi connectivity index (χ2v) is 7.26. The molecule has 1 N–H and O–H groups in total. The predicted octanol–water partition coefficient (Wildman–Crippen LogP) is 3.52. The second-order valence-electron chi connectivity index (χ2n) is 7.26. The van der Waals surface area contributed by atoms with Crippen LogP contribution in [0.3, 0.4) is 0 Å². The van der Waals surface area contributed by atoms with E-state index in [0.717, 1.165) is 17.7 Å². The number of nitro benzene ring substituents is 1. The maximum Gasteiger partial charge on any atom is 0.311 e. The van der Waals surface area contributed by atoms with Crippen molar-refractivity contribution in [1.82, 2.24) is 5.32 Å². The van der Waals surface area contributed by atoms with Gasteiger partial charge in [-0.1, -0.05) is 12.1 Å². The fraction of sp³-hybridized carbons (Fsp3) is 0.381. The number of nitrogens with zero attached hydrogens (tertiary/aromatic N) is 1. The van der Waals surface area contributed by atoms with Crippen LogP contribution in [-0.2, 0) is 6.42 Å². The van der Waals surface area contributed by atoms with Crippen LogP contribution in [0.5, 0.6) is 17.2 Å². The normalized spacial score (nSPS) is 13.9. The van der Waals surface area contributed by atoms with Crippen molar-refractivity contribution in [2.45, 2.75) is 32.8 Å². The van der Waals surface area contributed by atoms with Crippen molar-refractivity contribution in [3.8, 4) is 17.2 Å². The van der Waals surface area contributed by atoms with Gasteiger partial charge in [0.05, 0.1) is 18.1 Å². The van der Waals surface area contributed by atoms with Crippen LogP contribution in [0.2, 0.25) is 0 Å². The molecular weight excluding hydrogens is 376 g/mol. The molecule has 8 nitrogen and oxygen atoms in total. The summed E-state index contributed by atoms with van der Waals surface area (Å²) < 4.78 is 17.0. The van der Waals surface area contributed by atoms with E-state index in [2.05, 4.69) is 5.32 Å². The van der Waals surface area contributed by atoms with E-state index in [1.807, 2.05) is 32.0 Å². The van der Waals surface area contributed by atoms with Crippen molar-refractivity contribution in [2.75, 3.05) is 19.8 Å². The summed E-state index contributed by atoms with van der Waals surface area (Å²) in [6, 6.07) is 9.89. The van der Waals surface area contributed by atoms with Crippen LogP contribution in [-0.4, -0.2) is 36.2 Å². The molecule has 0 aromatic heterocycles. The minimum atomic E-state index is -0.567. The molecule has 0 fully saturated rings. The molecule has 0 radical (unpaired) electrons. The highest BCUT2D eigenvalue weighted by atomic mass is 16.6. The fourth-order valence-corrected chi connectivity index (χ4v) is 3.21. The van der Waals surface area contributed by atoms with Gasteiger partial charge in [0.2, 0.25) is 0 Å². The van der Waals surface area contributed by atoms with E-state index >= 15 is 0 Å². The van der Waals surface area contributed by atoms with Gasteiger partial charge in [0.15, 0.2) is 17.2 Å². The van der Waals surface area contributed by atoms with E-state index in [0.29, 0.717) is 12.4 Å². The molecule has 1 amide bonds. The summed E-state index contributed by atoms with van der Waals surface area (Å²) in [6.45, 7) is 6.56. The van der Waals surface area contributed by atoms with Crippen LogP contribution in [0.15, 0.2) is 36.4 Å². The van der Waals surface area contributed by atoms with Gasteiger partial charge in [0.25, 0.3) is 5.91 Å². The van der Waals surface area contributed by atoms with Crippen molar-refractivity contribution >= 4 is 11.6 Å². The Morgan fingerprint density at radius 1 is 1.24 bits per heavy atom. The van der Waals surface area contributed by atoms with Crippen LogP contribution >= 0.6 is 0 Å². The van der Waals surface area contributed by atoms with Gasteiger partial charge in [0, 0.05) is 23.6 Å². The summed E-state index contributed by atoms with van der Waals surface area (Å²) in [7, 11) is 0. The lowest BCUT2D eigenvalue weighted by Crippen LogP contribution is -2.28. The van der Waals surface area contributed by atoms with Crippen molar-refractivity contribution in [3.05, 3.63) is 57.6 Å². The standard InChI is InChI=1S/C21H24N2O6/c1-4-27-17-9-8-14(12-16(17)23(25)26)20(24)22-10-11-28-18-7-5-6-15-13-21(2,3)29-19(15)18/h5-9,12H,4,10-11,13H2,1-3H3,(H,22,24). The van der Waals surface area contributed by atoms with Gasteiger partial charge in [0.1, 0.15) is 12.2 Å². The maximum absolute atomic E-state index is 12.3. The lowest BCUT2D eigenvalue weighted by molar-refractivity contribution is -0.385. The molecule has 1 aliphatic rings. The Hall–Kier alpha value is -3.29. The SMILES string of the molecule is CCOc1ccc(C(=O)NCCOc2cccc3c2OC(C)(C)C3)cc1[N+](=O)[O-]. The Labute approximate surface area is 168 Å². The topological polar surface area (TPSA) is 99.9 Å². The number of nitrogens with one attached hydrogen (secondary N) is 1. The van der Waals surface area contributed by atoms with E-state index in [4.69, 9.17) is 14.2 Å². The Morgan fingerprint density at radius 2 is 2.03 bits per heavy atom. The van der Waals surface area contributed by atoms with Gasteiger partial charge >= 0.3 is 5.69 Å². The number of para-hydroxylation sites is 1. The molecule has 2 aromatic rings. The molecule has 0 saturated carbocycles. The van der Waals surface area contributed by atoms with Crippen LogP contribution in [0.1, 0.15) is 36.7 Å². The molecule has 1 aliphatic heterocycles. The molecule has 2 aromatic carbocycles. The number of amides is 1. The summed E-state index contributed by atoms with van der Waals surface area (Å²) >= 11 is 0. The average molecular weight is 400 g/mol. The number of hydrogen-bond donors (Lipinski definition) is 1. The first-order chi connectivity index (χ1) is 13.8. The quantitative estimate of drug-likeness (QED) is 0.413. The highest BCUT2D eigenvalue weighted by molar-refractivity contribution is 5.95. The Balaban J connectivity index is 1.57. The largest absolute Gasteiger partial charge is 0.488 e. The zero-order chi connectivity index (χ0) is 21.0. The molecule has 29 heavy (non-hydrogen) atoms. The molecule has 8 heteroatoms. The van der Waals surface area contributed by atoms with Crippen LogP contribution < -0.4 is 19.5 Å². The Kier molecular flexibility index (Phi) is 5.91. The molecular formula is C21H24N2O6. The first-order valence-corrected chi connectivity index (χ1v) is 9.44. The smallest absolute Gasteiger partial charge is 0.311 e. The number of carbonyl (C=O) groups is 1. The minimum absolute atomic E-state index is 0.137. The van der Waals surface area contributed by atoms with Crippen molar-refractivity contribution < 1.29 is 23.9 Å². The summed E-state index contributed by atoms with van der Waals surface area (Å²) in [6.07, 6.45) is 0.812. The lowest BCUT2D eigenvalue weighted by Gasteiger charge is -2.18. The summed E-state index contributed by atoms with van der Waals surface area (Å²) in [4.78, 5) is 22.9. The third kappa shape index (κ3) is 4.77. The zero-order valence-corrected chi connectivity index (χ0v) is 16.7. The van der Waals surface area contributed by atoms with Crippen molar-refractivity contribution in [2.24, 2.45) is 0 Å². The summed E-state index contributed by atoms with van der Waals surface area (Å²) in [5, 5.41) is 13.9. The Bertz CT molecular complexity index is 925. The van der Waals surface area contributed by atoms with Gasteiger partial charge in [-0.05, 0) is 39.0 Å². The zero-order valence-electron chi connectivity index (χ0n) is 16.7. The van der Waals surface area contributed by atoms with Crippen LogP contribution in [0.25, 0.3) is 0 Å². The number of carbonyl (C=O) groups excluding carboxylic acids is 1. The van der Waals surface area contributed by atoms with E-state index in [1.165, 1.54) is 18.2 Å². The van der Waals surface area contributed by atoms with Gasteiger partial charge < -0.3 is 19.5 Å². The van der Waals surface area contributed by atoms with E-state index in [-0.39, 0.29) is 35.8 Å². The molecule has 0 bridgehead atoms. The summed E-state index contributed by atoms with van der Waals surface area (Å²) in [5.41, 5.74) is 0.776. The third-order valence-corrected chi connectivity index (χ3v) is 4.42. The van der Waals surface area contributed by atoms with E-state index in [9.17, 15) is 14.9 Å². The number of rotatable bonds is 8. The second kappa shape index (κ2) is 8.38. The van der Waals surface area contributed by atoms with E-state index < -0.39 is 10.8 Å². The first-order valence-electron chi connectivity index (χ1n) is 9.44. The molecule has 154 valence electrons. The molecule has 0 spiro atoms. The highest BCUT2D eigenvalue weighted by Crippen LogP contribution is 2.41. The monoisotopic (exact) mass is 400 g/mol. The number of fused-ring (bicyclic) bond motifs is 1. The maximum atomic E-state index is 12.3. The lowest BCUT2D eigenvalue weighted by atomic mass is 10.0. The van der Waals surface area contributed by atoms with Crippen LogP contribution in [0.4, 0.5) is 5.69 Å². The first kappa shape index (κ1) is 20.4. The molecule has 1 heterocycles. The van der Waals surface area contributed by atoms with Crippen LogP contribution in [0, 0.1) is 10.1 Å². The van der Waals surface area contributed by atoms with Crippen molar-refractivity contribution in [3.63, 3.8) is 0 Å². The molecule has 0 atom stereocenters. The number of benzene rings is 2. The fourth-order valence-electron chi connectivity index (χ4n) is 3.21. The molecule has 0 unspecified atom stereocenters. The molecule has 0 saturated heterocycles. The summed E-state index contributed by atoms with van der Waals surface area (Å²) in [5.74, 6) is 1.10. The molecule has 3 rings (SSSR count). The predicted molar refractivity (Wildman–Crippen MR) is 107 cm³/mol.